The van der Waals surface area contributed by atoms with E-state index in [1.165, 1.54) is 0 Å². The summed E-state index contributed by atoms with van der Waals surface area (Å²) in [5.41, 5.74) is 2.10. The van der Waals surface area contributed by atoms with Crippen molar-refractivity contribution in [2.24, 2.45) is 11.8 Å². The van der Waals surface area contributed by atoms with Crippen LogP contribution in [0.1, 0.15) is 18.1 Å². The zero-order chi connectivity index (χ0) is 17.6. The van der Waals surface area contributed by atoms with Gasteiger partial charge in [-0.3, -0.25) is 4.79 Å². The lowest BCUT2D eigenvalue weighted by Gasteiger charge is -2.31. The van der Waals surface area contributed by atoms with E-state index in [1.54, 1.807) is 6.07 Å². The van der Waals surface area contributed by atoms with Crippen LogP contribution in [0.5, 0.6) is 5.75 Å². The summed E-state index contributed by atoms with van der Waals surface area (Å²) in [4.78, 5) is 12.3. The minimum Gasteiger partial charge on any atom is -0.487 e. The van der Waals surface area contributed by atoms with Gasteiger partial charge in [-0.05, 0) is 42.3 Å². The highest BCUT2D eigenvalue weighted by atomic mass is 35.5. The molecule has 0 saturated carbocycles. The number of hydrogen-bond acceptors (Lipinski definition) is 3. The van der Waals surface area contributed by atoms with Crippen molar-refractivity contribution in [2.45, 2.75) is 20.1 Å². The van der Waals surface area contributed by atoms with Crippen LogP contribution in [0, 0.1) is 11.8 Å². The van der Waals surface area contributed by atoms with Crippen LogP contribution in [0.25, 0.3) is 0 Å². The lowest BCUT2D eigenvalue weighted by molar-refractivity contribution is -0.126. The van der Waals surface area contributed by atoms with Gasteiger partial charge >= 0.3 is 0 Å². The minimum atomic E-state index is 0.0350. The molecule has 1 atom stereocenters. The maximum atomic E-state index is 12.3. The SMILES string of the molecule is CC(C(=O)NCc1ccccc1COc1ccccc1Cl)C1CNC1. The molecule has 1 unspecified atom stereocenters. The van der Waals surface area contributed by atoms with Crippen LogP contribution < -0.4 is 15.4 Å². The molecule has 1 aliphatic heterocycles. The van der Waals surface area contributed by atoms with Crippen LogP contribution in [0.3, 0.4) is 0 Å². The van der Waals surface area contributed by atoms with E-state index in [0.29, 0.717) is 29.8 Å². The third-order valence-corrected chi connectivity index (χ3v) is 5.04. The van der Waals surface area contributed by atoms with Crippen LogP contribution in [0.15, 0.2) is 48.5 Å². The number of para-hydroxylation sites is 1. The molecule has 1 fully saturated rings. The third kappa shape index (κ3) is 4.53. The van der Waals surface area contributed by atoms with Gasteiger partial charge in [-0.2, -0.15) is 0 Å². The molecule has 1 amide bonds. The summed E-state index contributed by atoms with van der Waals surface area (Å²) in [6.45, 7) is 4.77. The normalized spacial score (nSPS) is 15.3. The topological polar surface area (TPSA) is 50.4 Å². The smallest absolute Gasteiger partial charge is 0.223 e. The standard InChI is InChI=1S/C20H23ClN2O2/c1-14(17-10-22-11-17)20(24)23-12-15-6-2-3-7-16(15)13-25-19-9-5-4-8-18(19)21/h2-9,14,17,22H,10-13H2,1H3,(H,23,24). The Morgan fingerprint density at radius 1 is 1.20 bits per heavy atom. The van der Waals surface area contributed by atoms with E-state index in [9.17, 15) is 4.79 Å². The molecule has 1 aliphatic rings. The lowest BCUT2D eigenvalue weighted by atomic mass is 9.88. The number of nitrogens with one attached hydrogen (secondary N) is 2. The molecule has 3 rings (SSSR count). The van der Waals surface area contributed by atoms with Crippen LogP contribution in [-0.2, 0) is 17.9 Å². The summed E-state index contributed by atoms with van der Waals surface area (Å²) in [5.74, 6) is 1.24. The van der Waals surface area contributed by atoms with Gasteiger partial charge in [-0.25, -0.2) is 0 Å². The molecule has 0 bridgehead atoms. The molecule has 0 radical (unpaired) electrons. The van der Waals surface area contributed by atoms with Gasteiger partial charge < -0.3 is 15.4 Å². The Morgan fingerprint density at radius 2 is 1.88 bits per heavy atom. The monoisotopic (exact) mass is 358 g/mol. The predicted octanol–water partition coefficient (Wildman–Crippen LogP) is 3.39. The van der Waals surface area contributed by atoms with Crippen LogP contribution in [0.2, 0.25) is 5.02 Å². The number of hydrogen-bond donors (Lipinski definition) is 2. The van der Waals surface area contributed by atoms with Gasteiger partial charge in [0, 0.05) is 12.5 Å². The van der Waals surface area contributed by atoms with Crippen LogP contribution in [0.4, 0.5) is 0 Å². The number of halogens is 1. The molecule has 0 spiro atoms. The van der Waals surface area contributed by atoms with Crippen molar-refractivity contribution in [3.05, 3.63) is 64.7 Å². The van der Waals surface area contributed by atoms with Gasteiger partial charge in [-0.1, -0.05) is 54.9 Å². The average Bonchev–Trinajstić information content (AvgIpc) is 2.58. The molecule has 1 heterocycles. The van der Waals surface area contributed by atoms with E-state index >= 15 is 0 Å². The quantitative estimate of drug-likeness (QED) is 0.797. The molecule has 0 aromatic heterocycles. The fourth-order valence-electron chi connectivity index (χ4n) is 2.81. The Hall–Kier alpha value is -2.04. The van der Waals surface area contributed by atoms with Crippen molar-refractivity contribution in [1.82, 2.24) is 10.6 Å². The van der Waals surface area contributed by atoms with Crippen molar-refractivity contribution in [3.63, 3.8) is 0 Å². The molecule has 2 N–H and O–H groups in total. The zero-order valence-corrected chi connectivity index (χ0v) is 15.1. The Labute approximate surface area is 153 Å². The fraction of sp³-hybridized carbons (Fsp3) is 0.350. The largest absolute Gasteiger partial charge is 0.487 e. The Kier molecular flexibility index (Phi) is 5.95. The van der Waals surface area contributed by atoms with Gasteiger partial charge in [-0.15, -0.1) is 0 Å². The summed E-state index contributed by atoms with van der Waals surface area (Å²) < 4.78 is 5.83. The summed E-state index contributed by atoms with van der Waals surface area (Å²) in [5, 5.41) is 6.85. The van der Waals surface area contributed by atoms with E-state index in [1.807, 2.05) is 49.4 Å². The summed E-state index contributed by atoms with van der Waals surface area (Å²) >= 11 is 6.13. The van der Waals surface area contributed by atoms with Crippen molar-refractivity contribution < 1.29 is 9.53 Å². The predicted molar refractivity (Wildman–Crippen MR) is 99.6 cm³/mol. The van der Waals surface area contributed by atoms with E-state index in [2.05, 4.69) is 10.6 Å². The number of carbonyl (C=O) groups excluding carboxylic acids is 1. The number of amides is 1. The number of rotatable bonds is 7. The van der Waals surface area contributed by atoms with E-state index in [0.717, 1.165) is 24.2 Å². The van der Waals surface area contributed by atoms with E-state index in [-0.39, 0.29) is 11.8 Å². The second kappa shape index (κ2) is 8.37. The highest BCUT2D eigenvalue weighted by molar-refractivity contribution is 6.32. The highest BCUT2D eigenvalue weighted by Crippen LogP contribution is 2.24. The van der Waals surface area contributed by atoms with Crippen LogP contribution >= 0.6 is 11.6 Å². The second-order valence-corrected chi connectivity index (χ2v) is 6.82. The maximum Gasteiger partial charge on any atom is 0.223 e. The average molecular weight is 359 g/mol. The summed E-state index contributed by atoms with van der Waals surface area (Å²) in [7, 11) is 0. The van der Waals surface area contributed by atoms with Gasteiger partial charge in [0.05, 0.1) is 5.02 Å². The maximum absolute atomic E-state index is 12.3. The summed E-state index contributed by atoms with van der Waals surface area (Å²) in [6.07, 6.45) is 0. The lowest BCUT2D eigenvalue weighted by Crippen LogP contribution is -2.49. The molecule has 4 nitrogen and oxygen atoms in total. The van der Waals surface area contributed by atoms with Gasteiger partial charge in [0.25, 0.3) is 0 Å². The molecule has 1 saturated heterocycles. The molecule has 5 heteroatoms. The third-order valence-electron chi connectivity index (χ3n) is 4.73. The number of benzene rings is 2. The van der Waals surface area contributed by atoms with Gasteiger partial charge in [0.15, 0.2) is 0 Å². The first kappa shape index (κ1) is 17.8. The highest BCUT2D eigenvalue weighted by Gasteiger charge is 2.28. The molecular formula is C20H23ClN2O2. The molecular weight excluding hydrogens is 336 g/mol. The number of carbonyl (C=O) groups is 1. The Morgan fingerprint density at radius 3 is 2.56 bits per heavy atom. The number of ether oxygens (including phenoxy) is 1. The molecule has 0 aliphatic carbocycles. The molecule has 25 heavy (non-hydrogen) atoms. The minimum absolute atomic E-state index is 0.0350. The molecule has 2 aromatic rings. The Balaban J connectivity index is 1.58. The first-order valence-corrected chi connectivity index (χ1v) is 8.95. The van der Waals surface area contributed by atoms with Gasteiger partial charge in [0.1, 0.15) is 12.4 Å². The Bertz CT molecular complexity index is 731. The summed E-state index contributed by atoms with van der Waals surface area (Å²) in [6, 6.07) is 15.4. The molecule has 132 valence electrons. The fourth-order valence-corrected chi connectivity index (χ4v) is 3.00. The molecule has 2 aromatic carbocycles. The first-order chi connectivity index (χ1) is 12.1. The van der Waals surface area contributed by atoms with Crippen molar-refractivity contribution in [2.75, 3.05) is 13.1 Å². The zero-order valence-electron chi connectivity index (χ0n) is 14.3. The van der Waals surface area contributed by atoms with Gasteiger partial charge in [0.2, 0.25) is 5.91 Å². The first-order valence-electron chi connectivity index (χ1n) is 8.57. The van der Waals surface area contributed by atoms with Crippen molar-refractivity contribution in [1.29, 1.82) is 0 Å². The van der Waals surface area contributed by atoms with Crippen molar-refractivity contribution >= 4 is 17.5 Å². The van der Waals surface area contributed by atoms with E-state index < -0.39 is 0 Å². The van der Waals surface area contributed by atoms with E-state index in [4.69, 9.17) is 16.3 Å². The second-order valence-electron chi connectivity index (χ2n) is 6.41. The van der Waals surface area contributed by atoms with Crippen LogP contribution in [-0.4, -0.2) is 19.0 Å². The van der Waals surface area contributed by atoms with Crippen molar-refractivity contribution in [3.8, 4) is 5.75 Å².